The number of halogens is 4. The molecule has 0 atom stereocenters. The lowest BCUT2D eigenvalue weighted by molar-refractivity contribution is -0.274. The van der Waals surface area contributed by atoms with Gasteiger partial charge >= 0.3 is 6.36 Å². The number of hydrogen-bond acceptors (Lipinski definition) is 3. The van der Waals surface area contributed by atoms with E-state index in [-0.39, 0.29) is 54.7 Å². The minimum Gasteiger partial charge on any atom is -0.406 e. The van der Waals surface area contributed by atoms with Crippen LogP contribution in [0.1, 0.15) is 5.56 Å². The number of nitrogens with zero attached hydrogens (tertiary/aromatic N) is 1. The van der Waals surface area contributed by atoms with Gasteiger partial charge in [-0.25, -0.2) is 4.99 Å². The molecule has 0 heterocycles. The van der Waals surface area contributed by atoms with Crippen molar-refractivity contribution in [3.05, 3.63) is 42.5 Å². The molecular weight excluding hydrogens is 440 g/mol. The van der Waals surface area contributed by atoms with Gasteiger partial charge in [0.1, 0.15) is 5.75 Å². The van der Waals surface area contributed by atoms with Crippen LogP contribution in [0.2, 0.25) is 0 Å². The first-order valence-corrected chi connectivity index (χ1v) is 6.56. The number of nitrogens with two attached hydrogens (primary N) is 1. The molecule has 134 valence electrons. The van der Waals surface area contributed by atoms with Crippen molar-refractivity contribution in [1.82, 2.24) is 10.6 Å². The highest BCUT2D eigenvalue weighted by molar-refractivity contribution is 14.0. The van der Waals surface area contributed by atoms with Gasteiger partial charge < -0.3 is 21.1 Å². The average Bonchev–Trinajstić information content (AvgIpc) is 2.48. The largest absolute Gasteiger partial charge is 0.573 e. The highest BCUT2D eigenvalue weighted by Crippen LogP contribution is 2.22. The smallest absolute Gasteiger partial charge is 0.406 e. The Kier molecular flexibility index (Phi) is 9.85. The van der Waals surface area contributed by atoms with Crippen molar-refractivity contribution in [2.45, 2.75) is 12.9 Å². The molecule has 1 amide bonds. The van der Waals surface area contributed by atoms with E-state index >= 15 is 0 Å². The van der Waals surface area contributed by atoms with Gasteiger partial charge in [-0.1, -0.05) is 18.2 Å². The van der Waals surface area contributed by atoms with E-state index in [1.807, 2.05) is 0 Å². The lowest BCUT2D eigenvalue weighted by Crippen LogP contribution is -2.40. The SMILES string of the molecule is C=CCNC(=O)CNC(N)=NCc1ccc(OC(F)(F)F)cc1.I. The lowest BCUT2D eigenvalue weighted by atomic mass is 10.2. The number of hydrogen-bond donors (Lipinski definition) is 3. The van der Waals surface area contributed by atoms with E-state index in [9.17, 15) is 18.0 Å². The second-order valence-electron chi connectivity index (χ2n) is 4.34. The third kappa shape index (κ3) is 9.92. The summed E-state index contributed by atoms with van der Waals surface area (Å²) in [7, 11) is 0. The molecule has 0 unspecified atom stereocenters. The summed E-state index contributed by atoms with van der Waals surface area (Å²) in [5.41, 5.74) is 6.22. The van der Waals surface area contributed by atoms with Crippen molar-refractivity contribution < 1.29 is 22.7 Å². The Labute approximate surface area is 154 Å². The van der Waals surface area contributed by atoms with Crippen LogP contribution in [0.25, 0.3) is 0 Å². The second kappa shape index (κ2) is 10.7. The number of nitrogens with one attached hydrogen (secondary N) is 2. The third-order valence-electron chi connectivity index (χ3n) is 2.46. The molecule has 0 aromatic heterocycles. The zero-order valence-corrected chi connectivity index (χ0v) is 14.9. The molecule has 6 nitrogen and oxygen atoms in total. The van der Waals surface area contributed by atoms with E-state index in [1.165, 1.54) is 24.3 Å². The molecule has 0 spiro atoms. The Morgan fingerprint density at radius 2 is 1.92 bits per heavy atom. The number of amides is 1. The number of rotatable bonds is 7. The number of carbonyl (C=O) groups is 1. The first-order chi connectivity index (χ1) is 10.8. The Hall–Kier alpha value is -1.98. The van der Waals surface area contributed by atoms with E-state index in [2.05, 4.69) is 26.9 Å². The Morgan fingerprint density at radius 1 is 1.29 bits per heavy atom. The van der Waals surface area contributed by atoms with E-state index in [0.29, 0.717) is 12.1 Å². The zero-order valence-electron chi connectivity index (χ0n) is 12.6. The van der Waals surface area contributed by atoms with E-state index in [0.717, 1.165) is 0 Å². The van der Waals surface area contributed by atoms with Gasteiger partial charge in [-0.3, -0.25) is 4.79 Å². The van der Waals surface area contributed by atoms with Crippen LogP contribution in [-0.2, 0) is 11.3 Å². The van der Waals surface area contributed by atoms with Crippen molar-refractivity contribution in [2.24, 2.45) is 10.7 Å². The van der Waals surface area contributed by atoms with Crippen LogP contribution < -0.4 is 21.1 Å². The zero-order chi connectivity index (χ0) is 17.3. The minimum absolute atomic E-state index is 0. The first kappa shape index (κ1) is 22.0. The normalized spacial score (nSPS) is 11.2. The number of aliphatic imine (C=N–C) groups is 1. The van der Waals surface area contributed by atoms with Crippen LogP contribution >= 0.6 is 24.0 Å². The summed E-state index contributed by atoms with van der Waals surface area (Å²) in [6.45, 7) is 3.92. The van der Waals surface area contributed by atoms with Crippen LogP contribution in [0.3, 0.4) is 0 Å². The standard InChI is InChI=1S/C14H17F3N4O2.HI/c1-2-7-19-12(22)9-21-13(18)20-8-10-3-5-11(6-4-10)23-14(15,16)17;/h2-6H,1,7-9H2,(H,19,22)(H3,18,20,21);1H. The van der Waals surface area contributed by atoms with Gasteiger partial charge in [-0.05, 0) is 17.7 Å². The number of ether oxygens (including phenoxy) is 1. The molecular formula is C14H18F3IN4O2. The summed E-state index contributed by atoms with van der Waals surface area (Å²) in [6, 6.07) is 5.25. The van der Waals surface area contributed by atoms with E-state index in [4.69, 9.17) is 5.73 Å². The number of guanidine groups is 1. The summed E-state index contributed by atoms with van der Waals surface area (Å²) in [5, 5.41) is 5.16. The van der Waals surface area contributed by atoms with Gasteiger partial charge in [0.15, 0.2) is 5.96 Å². The van der Waals surface area contributed by atoms with Crippen LogP contribution in [0, 0.1) is 0 Å². The van der Waals surface area contributed by atoms with Crippen LogP contribution in [0.15, 0.2) is 41.9 Å². The molecule has 0 saturated carbocycles. The highest BCUT2D eigenvalue weighted by Gasteiger charge is 2.30. The van der Waals surface area contributed by atoms with Gasteiger partial charge in [-0.15, -0.1) is 43.7 Å². The number of alkyl halides is 3. The van der Waals surface area contributed by atoms with E-state index in [1.54, 1.807) is 6.08 Å². The van der Waals surface area contributed by atoms with Crippen LogP contribution in [0.4, 0.5) is 13.2 Å². The molecule has 0 fully saturated rings. The van der Waals surface area contributed by atoms with E-state index < -0.39 is 6.36 Å². The molecule has 0 bridgehead atoms. The van der Waals surface area contributed by atoms with Gasteiger partial charge in [0, 0.05) is 6.54 Å². The Balaban J connectivity index is 0.00000529. The third-order valence-corrected chi connectivity index (χ3v) is 2.46. The maximum absolute atomic E-state index is 12.0. The molecule has 0 saturated heterocycles. The molecule has 0 aliphatic carbocycles. The number of carbonyl (C=O) groups excluding carboxylic acids is 1. The Morgan fingerprint density at radius 3 is 2.46 bits per heavy atom. The van der Waals surface area contributed by atoms with Crippen LogP contribution in [0.5, 0.6) is 5.75 Å². The van der Waals surface area contributed by atoms with Crippen molar-refractivity contribution in [3.8, 4) is 5.75 Å². The summed E-state index contributed by atoms with van der Waals surface area (Å²) in [5.74, 6) is -0.527. The molecule has 10 heteroatoms. The molecule has 1 aromatic rings. The quantitative estimate of drug-likeness (QED) is 0.252. The Bertz CT molecular complexity index is 562. The van der Waals surface area contributed by atoms with Crippen molar-refractivity contribution in [3.63, 3.8) is 0 Å². The molecule has 0 aliphatic heterocycles. The molecule has 4 N–H and O–H groups in total. The summed E-state index contributed by atoms with van der Waals surface area (Å²) in [6.07, 6.45) is -3.18. The van der Waals surface area contributed by atoms with Crippen molar-refractivity contribution >= 4 is 35.8 Å². The summed E-state index contributed by atoms with van der Waals surface area (Å²) >= 11 is 0. The summed E-state index contributed by atoms with van der Waals surface area (Å²) in [4.78, 5) is 15.3. The molecule has 1 aromatic carbocycles. The lowest BCUT2D eigenvalue weighted by Gasteiger charge is -2.09. The van der Waals surface area contributed by atoms with Crippen LogP contribution in [-0.4, -0.2) is 31.3 Å². The summed E-state index contributed by atoms with van der Waals surface area (Å²) < 4.78 is 39.8. The molecule has 1 rings (SSSR count). The maximum Gasteiger partial charge on any atom is 0.573 e. The maximum atomic E-state index is 12.0. The average molecular weight is 458 g/mol. The van der Waals surface area contributed by atoms with Gasteiger partial charge in [0.25, 0.3) is 0 Å². The fraction of sp³-hybridized carbons (Fsp3) is 0.286. The van der Waals surface area contributed by atoms with Crippen molar-refractivity contribution in [2.75, 3.05) is 13.1 Å². The van der Waals surface area contributed by atoms with Gasteiger partial charge in [-0.2, -0.15) is 0 Å². The fourth-order valence-electron chi connectivity index (χ4n) is 1.45. The van der Waals surface area contributed by atoms with Gasteiger partial charge in [0.2, 0.25) is 5.91 Å². The van der Waals surface area contributed by atoms with Gasteiger partial charge in [0.05, 0.1) is 13.1 Å². The molecule has 24 heavy (non-hydrogen) atoms. The highest BCUT2D eigenvalue weighted by atomic mass is 127. The number of benzene rings is 1. The van der Waals surface area contributed by atoms with Crippen molar-refractivity contribution in [1.29, 1.82) is 0 Å². The second-order valence-corrected chi connectivity index (χ2v) is 4.34. The minimum atomic E-state index is -4.72. The predicted molar refractivity (Wildman–Crippen MR) is 95.1 cm³/mol. The predicted octanol–water partition coefficient (Wildman–Crippen LogP) is 1.91. The first-order valence-electron chi connectivity index (χ1n) is 6.56. The monoisotopic (exact) mass is 458 g/mol. The fourth-order valence-corrected chi connectivity index (χ4v) is 1.45. The topological polar surface area (TPSA) is 88.7 Å². The molecule has 0 radical (unpaired) electrons. The molecule has 0 aliphatic rings.